The van der Waals surface area contributed by atoms with Crippen molar-refractivity contribution in [1.82, 2.24) is 5.32 Å². The van der Waals surface area contributed by atoms with E-state index in [1.807, 2.05) is 0 Å². The van der Waals surface area contributed by atoms with Crippen LogP contribution in [0.5, 0.6) is 5.75 Å². The minimum atomic E-state index is -0.206. The molecule has 1 unspecified atom stereocenters. The Kier molecular flexibility index (Phi) is 6.19. The van der Waals surface area contributed by atoms with Gasteiger partial charge in [0.1, 0.15) is 5.75 Å². The second-order valence-electron chi connectivity index (χ2n) is 4.63. The molecule has 0 aliphatic carbocycles. The molecule has 3 nitrogen and oxygen atoms in total. The van der Waals surface area contributed by atoms with Crippen LogP contribution in [0.4, 0.5) is 0 Å². The van der Waals surface area contributed by atoms with Crippen LogP contribution in [0.1, 0.15) is 35.7 Å². The van der Waals surface area contributed by atoms with E-state index >= 15 is 0 Å². The molecule has 0 heterocycles. The SMILES string of the molecule is Cc1cccc(C(=O)NCCCC(C)CBr)c1O. The third-order valence-corrected chi connectivity index (χ3v) is 4.01. The number of rotatable bonds is 6. The van der Waals surface area contributed by atoms with Crippen molar-refractivity contribution in [2.45, 2.75) is 26.7 Å². The van der Waals surface area contributed by atoms with Crippen molar-refractivity contribution in [2.75, 3.05) is 11.9 Å². The van der Waals surface area contributed by atoms with Crippen LogP contribution < -0.4 is 5.32 Å². The number of para-hydroxylation sites is 1. The smallest absolute Gasteiger partial charge is 0.255 e. The molecule has 4 heteroatoms. The average Bonchev–Trinajstić information content (AvgIpc) is 2.37. The lowest BCUT2D eigenvalue weighted by molar-refractivity contribution is 0.0950. The van der Waals surface area contributed by atoms with E-state index < -0.39 is 0 Å². The summed E-state index contributed by atoms with van der Waals surface area (Å²) in [7, 11) is 0. The predicted octanol–water partition coefficient (Wildman–Crippen LogP) is 3.24. The van der Waals surface area contributed by atoms with E-state index in [1.165, 1.54) is 0 Å². The summed E-state index contributed by atoms with van der Waals surface area (Å²) in [5, 5.41) is 13.6. The van der Waals surface area contributed by atoms with E-state index in [-0.39, 0.29) is 11.7 Å². The van der Waals surface area contributed by atoms with Crippen LogP contribution in [0.25, 0.3) is 0 Å². The van der Waals surface area contributed by atoms with Crippen molar-refractivity contribution in [3.63, 3.8) is 0 Å². The van der Waals surface area contributed by atoms with E-state index in [9.17, 15) is 9.90 Å². The van der Waals surface area contributed by atoms with Crippen LogP contribution in [0.3, 0.4) is 0 Å². The number of nitrogens with one attached hydrogen (secondary N) is 1. The molecule has 0 bridgehead atoms. The third kappa shape index (κ3) is 4.33. The number of carbonyl (C=O) groups is 1. The van der Waals surface area contributed by atoms with Gasteiger partial charge in [0.25, 0.3) is 5.91 Å². The second-order valence-corrected chi connectivity index (χ2v) is 5.28. The number of amides is 1. The highest BCUT2D eigenvalue weighted by Gasteiger charge is 2.11. The second kappa shape index (κ2) is 7.41. The number of aromatic hydroxyl groups is 1. The maximum Gasteiger partial charge on any atom is 0.255 e. The summed E-state index contributed by atoms with van der Waals surface area (Å²) < 4.78 is 0. The standard InChI is InChI=1S/C14H20BrNO2/c1-10(9-15)5-4-8-16-14(18)12-7-3-6-11(2)13(12)17/h3,6-7,10,17H,4-5,8-9H2,1-2H3,(H,16,18). The molecule has 2 N–H and O–H groups in total. The molecule has 0 aliphatic rings. The largest absolute Gasteiger partial charge is 0.507 e. The molecule has 1 atom stereocenters. The van der Waals surface area contributed by atoms with Gasteiger partial charge in [0, 0.05) is 11.9 Å². The van der Waals surface area contributed by atoms with Crippen molar-refractivity contribution < 1.29 is 9.90 Å². The maximum atomic E-state index is 11.9. The summed E-state index contributed by atoms with van der Waals surface area (Å²) in [4.78, 5) is 11.9. The van der Waals surface area contributed by atoms with Gasteiger partial charge in [-0.15, -0.1) is 0 Å². The van der Waals surface area contributed by atoms with E-state index in [4.69, 9.17) is 0 Å². The van der Waals surface area contributed by atoms with Crippen molar-refractivity contribution in [3.05, 3.63) is 29.3 Å². The Morgan fingerprint density at radius 2 is 2.22 bits per heavy atom. The fourth-order valence-electron chi connectivity index (χ4n) is 1.67. The number of halogens is 1. The van der Waals surface area contributed by atoms with Crippen molar-refractivity contribution in [3.8, 4) is 5.75 Å². The number of benzene rings is 1. The Morgan fingerprint density at radius 3 is 2.89 bits per heavy atom. The lowest BCUT2D eigenvalue weighted by Crippen LogP contribution is -2.25. The zero-order valence-corrected chi connectivity index (χ0v) is 12.5. The number of aryl methyl sites for hydroxylation is 1. The molecule has 0 saturated heterocycles. The third-order valence-electron chi connectivity index (χ3n) is 2.91. The first-order valence-corrected chi connectivity index (χ1v) is 7.31. The van der Waals surface area contributed by atoms with Gasteiger partial charge in [0.2, 0.25) is 0 Å². The van der Waals surface area contributed by atoms with Crippen LogP contribution in [0, 0.1) is 12.8 Å². The first-order valence-electron chi connectivity index (χ1n) is 6.19. The van der Waals surface area contributed by atoms with E-state index in [1.54, 1.807) is 25.1 Å². The topological polar surface area (TPSA) is 49.3 Å². The summed E-state index contributed by atoms with van der Waals surface area (Å²) in [5.74, 6) is 0.487. The Balaban J connectivity index is 2.44. The quantitative estimate of drug-likeness (QED) is 0.625. The lowest BCUT2D eigenvalue weighted by atomic mass is 10.1. The van der Waals surface area contributed by atoms with Gasteiger partial charge in [0.15, 0.2) is 0 Å². The Morgan fingerprint density at radius 1 is 1.50 bits per heavy atom. The monoisotopic (exact) mass is 313 g/mol. The summed E-state index contributed by atoms with van der Waals surface area (Å²) in [6.07, 6.45) is 2.02. The molecule has 18 heavy (non-hydrogen) atoms. The maximum absolute atomic E-state index is 11.9. The molecule has 1 aromatic carbocycles. The van der Waals surface area contributed by atoms with Gasteiger partial charge >= 0.3 is 0 Å². The fourth-order valence-corrected chi connectivity index (χ4v) is 1.99. The first kappa shape index (κ1) is 15.0. The van der Waals surface area contributed by atoms with Crippen molar-refractivity contribution >= 4 is 21.8 Å². The lowest BCUT2D eigenvalue weighted by Gasteiger charge is -2.10. The number of carbonyl (C=O) groups excluding carboxylic acids is 1. The fraction of sp³-hybridized carbons (Fsp3) is 0.500. The molecular formula is C14H20BrNO2. The van der Waals surface area contributed by atoms with Gasteiger partial charge in [-0.25, -0.2) is 0 Å². The Labute approximate surface area is 117 Å². The summed E-state index contributed by atoms with van der Waals surface area (Å²) in [6.45, 7) is 4.59. The van der Waals surface area contributed by atoms with Crippen LogP contribution in [0.2, 0.25) is 0 Å². The van der Waals surface area contributed by atoms with E-state index in [0.29, 0.717) is 18.0 Å². The molecule has 1 amide bonds. The average molecular weight is 314 g/mol. The summed E-state index contributed by atoms with van der Waals surface area (Å²) in [6, 6.07) is 5.19. The molecule has 0 spiro atoms. The van der Waals surface area contributed by atoms with Gasteiger partial charge in [-0.1, -0.05) is 35.0 Å². The number of phenols is 1. The number of phenolic OH excluding ortho intramolecular Hbond substituents is 1. The van der Waals surface area contributed by atoms with Crippen LogP contribution in [-0.2, 0) is 0 Å². The first-order chi connectivity index (χ1) is 8.56. The number of hydrogen-bond acceptors (Lipinski definition) is 2. The highest BCUT2D eigenvalue weighted by Crippen LogP contribution is 2.21. The van der Waals surface area contributed by atoms with Gasteiger partial charge in [-0.3, -0.25) is 4.79 Å². The van der Waals surface area contributed by atoms with Crippen LogP contribution in [0.15, 0.2) is 18.2 Å². The molecule has 0 radical (unpaired) electrons. The van der Waals surface area contributed by atoms with Gasteiger partial charge in [0.05, 0.1) is 5.56 Å². The summed E-state index contributed by atoms with van der Waals surface area (Å²) >= 11 is 3.43. The van der Waals surface area contributed by atoms with E-state index in [0.717, 1.165) is 23.7 Å². The van der Waals surface area contributed by atoms with Gasteiger partial charge < -0.3 is 10.4 Å². The molecular weight excluding hydrogens is 294 g/mol. The summed E-state index contributed by atoms with van der Waals surface area (Å²) in [5.41, 5.74) is 1.07. The molecule has 0 aromatic heterocycles. The zero-order chi connectivity index (χ0) is 13.5. The predicted molar refractivity (Wildman–Crippen MR) is 77.4 cm³/mol. The van der Waals surface area contributed by atoms with Gasteiger partial charge in [-0.2, -0.15) is 0 Å². The highest BCUT2D eigenvalue weighted by atomic mass is 79.9. The number of alkyl halides is 1. The minimum Gasteiger partial charge on any atom is -0.507 e. The molecule has 100 valence electrons. The highest BCUT2D eigenvalue weighted by molar-refractivity contribution is 9.09. The van der Waals surface area contributed by atoms with Crippen molar-refractivity contribution in [1.29, 1.82) is 0 Å². The van der Waals surface area contributed by atoms with E-state index in [2.05, 4.69) is 28.2 Å². The van der Waals surface area contributed by atoms with Crippen molar-refractivity contribution in [2.24, 2.45) is 5.92 Å². The molecule has 1 rings (SSSR count). The van der Waals surface area contributed by atoms with Crippen LogP contribution in [-0.4, -0.2) is 22.9 Å². The number of hydrogen-bond donors (Lipinski definition) is 2. The Hall–Kier alpha value is -1.03. The molecule has 0 saturated carbocycles. The van der Waals surface area contributed by atoms with Crippen LogP contribution >= 0.6 is 15.9 Å². The zero-order valence-electron chi connectivity index (χ0n) is 10.9. The molecule has 0 fully saturated rings. The minimum absolute atomic E-state index is 0.0730. The van der Waals surface area contributed by atoms with Gasteiger partial charge in [-0.05, 0) is 37.3 Å². The molecule has 0 aliphatic heterocycles. The Bertz CT molecular complexity index is 407. The normalized spacial score (nSPS) is 12.2. The molecule has 1 aromatic rings.